The van der Waals surface area contributed by atoms with Gasteiger partial charge in [0.1, 0.15) is 24.4 Å². The number of aliphatic hydroxyl groups excluding tert-OH is 5. The van der Waals surface area contributed by atoms with Crippen LogP contribution >= 0.6 is 7.82 Å². The minimum absolute atomic E-state index is 0.378. The van der Waals surface area contributed by atoms with E-state index in [1.54, 1.807) is 0 Å². The summed E-state index contributed by atoms with van der Waals surface area (Å²) in [4.78, 5) is 28.4. The number of phosphoric acid groups is 1. The van der Waals surface area contributed by atoms with Crippen LogP contribution in [0.3, 0.4) is 0 Å². The van der Waals surface area contributed by atoms with E-state index in [9.17, 15) is 24.7 Å². The van der Waals surface area contributed by atoms with Crippen molar-refractivity contribution in [1.29, 1.82) is 0 Å². The van der Waals surface area contributed by atoms with E-state index in [-0.39, 0.29) is 0 Å². The Morgan fingerprint density at radius 3 is 2.10 bits per heavy atom. The molecule has 0 saturated heterocycles. The zero-order valence-corrected chi connectivity index (χ0v) is 11.7. The molecule has 0 aliphatic carbocycles. The average molecular weight is 332 g/mol. The quantitative estimate of drug-likeness (QED) is 0.101. The van der Waals surface area contributed by atoms with Gasteiger partial charge in [0, 0.05) is 0 Å². The van der Waals surface area contributed by atoms with Crippen molar-refractivity contribution in [1.82, 2.24) is 0 Å². The molecule has 124 valence electrons. The molecule has 0 aromatic heterocycles. The SMILES string of the molecule is COC(=O)/C(=C/[C@@H](O)[C@@H](O)[C@H](O)[C@H](O)CO)OP(=O)(O)O. The van der Waals surface area contributed by atoms with Crippen molar-refractivity contribution < 1.29 is 53.9 Å². The third kappa shape index (κ3) is 6.98. The second-order valence-corrected chi connectivity index (χ2v) is 4.99. The molecule has 0 unspecified atom stereocenters. The molecule has 0 heterocycles. The van der Waals surface area contributed by atoms with Gasteiger partial charge < -0.3 is 34.8 Å². The van der Waals surface area contributed by atoms with E-state index in [2.05, 4.69) is 9.26 Å². The molecule has 0 aromatic rings. The van der Waals surface area contributed by atoms with Gasteiger partial charge in [-0.3, -0.25) is 9.79 Å². The van der Waals surface area contributed by atoms with Crippen LogP contribution in [-0.4, -0.2) is 79.4 Å². The summed E-state index contributed by atoms with van der Waals surface area (Å²) in [5, 5.41) is 46.0. The van der Waals surface area contributed by atoms with Crippen LogP contribution in [0.5, 0.6) is 0 Å². The maximum Gasteiger partial charge on any atom is 0.525 e. The van der Waals surface area contributed by atoms with Crippen molar-refractivity contribution in [3.8, 4) is 0 Å². The number of hydrogen-bond acceptors (Lipinski definition) is 9. The van der Waals surface area contributed by atoms with Crippen molar-refractivity contribution in [2.45, 2.75) is 24.4 Å². The lowest BCUT2D eigenvalue weighted by Crippen LogP contribution is -2.45. The van der Waals surface area contributed by atoms with E-state index in [1.165, 1.54) is 0 Å². The molecule has 0 spiro atoms. The second-order valence-electron chi connectivity index (χ2n) is 3.83. The Morgan fingerprint density at radius 2 is 1.71 bits per heavy atom. The summed E-state index contributed by atoms with van der Waals surface area (Å²) in [6.45, 7) is -0.919. The number of carbonyl (C=O) groups is 1. The molecule has 7 N–H and O–H groups in total. The van der Waals surface area contributed by atoms with Gasteiger partial charge in [0.2, 0.25) is 5.76 Å². The van der Waals surface area contributed by atoms with Crippen LogP contribution in [-0.2, 0) is 18.6 Å². The summed E-state index contributed by atoms with van der Waals surface area (Å²) < 4.78 is 18.8. The highest BCUT2D eigenvalue weighted by Crippen LogP contribution is 2.39. The van der Waals surface area contributed by atoms with Gasteiger partial charge >= 0.3 is 13.8 Å². The zero-order chi connectivity index (χ0) is 16.8. The van der Waals surface area contributed by atoms with Crippen molar-refractivity contribution in [2.24, 2.45) is 0 Å². The Labute approximate surface area is 118 Å². The molecule has 0 aromatic carbocycles. The number of carbonyl (C=O) groups excluding carboxylic acids is 1. The van der Waals surface area contributed by atoms with Gasteiger partial charge in [-0.1, -0.05) is 0 Å². The second kappa shape index (κ2) is 8.41. The van der Waals surface area contributed by atoms with E-state index >= 15 is 0 Å². The van der Waals surface area contributed by atoms with E-state index in [1.807, 2.05) is 0 Å². The Balaban J connectivity index is 5.17. The first kappa shape index (κ1) is 20.0. The van der Waals surface area contributed by atoms with Gasteiger partial charge in [-0.05, 0) is 6.08 Å². The summed E-state index contributed by atoms with van der Waals surface area (Å²) in [6.07, 6.45) is -7.53. The van der Waals surface area contributed by atoms with Crippen molar-refractivity contribution in [3.05, 3.63) is 11.8 Å². The number of esters is 1. The number of methoxy groups -OCH3 is 1. The predicted octanol–water partition coefficient (Wildman–Crippen LogP) is -3.41. The predicted molar refractivity (Wildman–Crippen MR) is 64.3 cm³/mol. The number of phosphoric ester groups is 1. The molecule has 0 amide bonds. The molecule has 0 radical (unpaired) electrons. The van der Waals surface area contributed by atoms with E-state index in [0.717, 1.165) is 7.11 Å². The molecule has 0 aliphatic heterocycles. The highest BCUT2D eigenvalue weighted by molar-refractivity contribution is 7.46. The number of hydrogen-bond donors (Lipinski definition) is 7. The van der Waals surface area contributed by atoms with Gasteiger partial charge in [-0.25, -0.2) is 9.36 Å². The Kier molecular flexibility index (Phi) is 8.00. The first-order chi connectivity index (χ1) is 9.53. The number of aliphatic hydroxyl groups is 5. The normalized spacial score (nSPS) is 18.6. The molecule has 21 heavy (non-hydrogen) atoms. The van der Waals surface area contributed by atoms with Gasteiger partial charge in [0.15, 0.2) is 0 Å². The highest BCUT2D eigenvalue weighted by atomic mass is 31.2. The van der Waals surface area contributed by atoms with Crippen LogP contribution in [0.4, 0.5) is 0 Å². The van der Waals surface area contributed by atoms with Gasteiger partial charge in [-0.2, -0.15) is 0 Å². The summed E-state index contributed by atoms with van der Waals surface area (Å²) in [7, 11) is -4.27. The van der Waals surface area contributed by atoms with E-state index < -0.39 is 50.6 Å². The summed E-state index contributed by atoms with van der Waals surface area (Å²) >= 11 is 0. The molecule has 0 saturated carbocycles. The summed E-state index contributed by atoms with van der Waals surface area (Å²) in [5.74, 6) is -2.47. The van der Waals surface area contributed by atoms with E-state index in [4.69, 9.17) is 20.0 Å². The Bertz CT molecular complexity index is 416. The Morgan fingerprint density at radius 1 is 1.19 bits per heavy atom. The average Bonchev–Trinajstić information content (AvgIpc) is 2.41. The van der Waals surface area contributed by atoms with Crippen LogP contribution in [0.1, 0.15) is 0 Å². The van der Waals surface area contributed by atoms with Gasteiger partial charge in [-0.15, -0.1) is 0 Å². The lowest BCUT2D eigenvalue weighted by Gasteiger charge is -2.24. The lowest BCUT2D eigenvalue weighted by atomic mass is 10.0. The minimum atomic E-state index is -5.14. The van der Waals surface area contributed by atoms with Crippen LogP contribution in [0.15, 0.2) is 11.8 Å². The monoisotopic (exact) mass is 332 g/mol. The standard InChI is InChI=1S/C9H17O11P/c1-19-9(15)6(20-21(16,17)18)2-4(11)7(13)8(14)5(12)3-10/h2,4-5,7-8,10-14H,3H2,1H3,(H2,16,17,18)/b6-2-/t4-,5-,7-,8-/m1/s1. The first-order valence-electron chi connectivity index (χ1n) is 5.42. The number of ether oxygens (including phenoxy) is 1. The summed E-state index contributed by atoms with van der Waals surface area (Å²) in [5.41, 5.74) is 0. The van der Waals surface area contributed by atoms with Crippen molar-refractivity contribution in [2.75, 3.05) is 13.7 Å². The molecule has 12 heteroatoms. The molecule has 0 aliphatic rings. The van der Waals surface area contributed by atoms with Crippen LogP contribution < -0.4 is 0 Å². The molecule has 4 atom stereocenters. The topological polar surface area (TPSA) is 194 Å². The largest absolute Gasteiger partial charge is 0.525 e. The highest BCUT2D eigenvalue weighted by Gasteiger charge is 2.31. The molecular weight excluding hydrogens is 315 g/mol. The third-order valence-electron chi connectivity index (χ3n) is 2.21. The molecule has 0 fully saturated rings. The van der Waals surface area contributed by atoms with E-state index in [0.29, 0.717) is 6.08 Å². The van der Waals surface area contributed by atoms with Crippen molar-refractivity contribution in [3.63, 3.8) is 0 Å². The first-order valence-corrected chi connectivity index (χ1v) is 6.95. The smallest absolute Gasteiger partial charge is 0.463 e. The fourth-order valence-electron chi connectivity index (χ4n) is 1.16. The fourth-order valence-corrected chi connectivity index (χ4v) is 1.55. The Hall–Kier alpha value is -1.04. The zero-order valence-electron chi connectivity index (χ0n) is 10.8. The third-order valence-corrected chi connectivity index (χ3v) is 2.64. The van der Waals surface area contributed by atoms with Gasteiger partial charge in [0.25, 0.3) is 0 Å². The molecule has 11 nitrogen and oxygen atoms in total. The minimum Gasteiger partial charge on any atom is -0.463 e. The molecule has 0 bridgehead atoms. The van der Waals surface area contributed by atoms with Crippen LogP contribution in [0, 0.1) is 0 Å². The molecular formula is C9H17O11P. The molecule has 0 rings (SSSR count). The lowest BCUT2D eigenvalue weighted by molar-refractivity contribution is -0.139. The fraction of sp³-hybridized carbons (Fsp3) is 0.667. The van der Waals surface area contributed by atoms with Gasteiger partial charge in [0.05, 0.1) is 13.7 Å². The maximum absolute atomic E-state index is 11.2. The van der Waals surface area contributed by atoms with Crippen LogP contribution in [0.25, 0.3) is 0 Å². The van der Waals surface area contributed by atoms with Crippen molar-refractivity contribution >= 4 is 13.8 Å². The maximum atomic E-state index is 11.2. The summed E-state index contributed by atoms with van der Waals surface area (Å²) in [6, 6.07) is 0. The number of rotatable bonds is 8. The van der Waals surface area contributed by atoms with Crippen LogP contribution in [0.2, 0.25) is 0 Å².